The van der Waals surface area contributed by atoms with Gasteiger partial charge in [-0.1, -0.05) is 35.2 Å². The largest absolute Gasteiger partial charge is 0.304 e. The van der Waals surface area contributed by atoms with Gasteiger partial charge in [0.15, 0.2) is 9.84 Å². The molecule has 1 amide bonds. The van der Waals surface area contributed by atoms with Crippen LogP contribution in [0.3, 0.4) is 0 Å². The Hall–Kier alpha value is -1.14. The second-order valence-corrected chi connectivity index (χ2v) is 9.52. The number of benzene rings is 1. The first-order valence-corrected chi connectivity index (χ1v) is 10.9. The van der Waals surface area contributed by atoms with E-state index in [0.717, 1.165) is 23.0 Å². The lowest BCUT2D eigenvalue weighted by Gasteiger charge is -2.30. The molecule has 1 fully saturated rings. The average molecular weight is 412 g/mol. The van der Waals surface area contributed by atoms with Crippen LogP contribution in [0.4, 0.5) is 5.69 Å². The normalized spacial score (nSPS) is 23.3. The molecule has 1 aliphatic heterocycles. The van der Waals surface area contributed by atoms with E-state index in [4.69, 9.17) is 0 Å². The number of halogens is 1. The molecule has 0 radical (unpaired) electrons. The Bertz CT molecular complexity index is 721. The molecule has 1 atom stereocenters. The number of carbonyl (C=O) groups is 1. The van der Waals surface area contributed by atoms with Gasteiger partial charge in [0.05, 0.1) is 11.8 Å². The molecule has 0 aromatic heterocycles. The highest BCUT2D eigenvalue weighted by atomic mass is 79.9. The molecular weight excluding hydrogens is 390 g/mol. The summed E-state index contributed by atoms with van der Waals surface area (Å²) in [5.41, 5.74) is 0.755. The van der Waals surface area contributed by atoms with Crippen molar-refractivity contribution in [2.75, 3.05) is 10.7 Å². The molecule has 2 aliphatic rings. The highest BCUT2D eigenvalue weighted by molar-refractivity contribution is 9.10. The van der Waals surface area contributed by atoms with E-state index in [1.807, 2.05) is 24.3 Å². The van der Waals surface area contributed by atoms with Crippen LogP contribution in [0.25, 0.3) is 0 Å². The molecule has 0 N–H and O–H groups in total. The summed E-state index contributed by atoms with van der Waals surface area (Å²) < 4.78 is 24.6. The number of rotatable bonds is 4. The zero-order valence-electron chi connectivity index (χ0n) is 13.5. The fourth-order valence-corrected chi connectivity index (χ4v) is 5.11. The smallest absolute Gasteiger partial charge is 0.227 e. The Morgan fingerprint density at radius 1 is 1.12 bits per heavy atom. The number of amides is 1. The Morgan fingerprint density at radius 2 is 1.79 bits per heavy atom. The Balaban J connectivity index is 1.82. The number of sulfone groups is 1. The minimum absolute atomic E-state index is 0.0240. The van der Waals surface area contributed by atoms with Crippen LogP contribution < -0.4 is 4.90 Å². The predicted octanol–water partition coefficient (Wildman–Crippen LogP) is 4.06. The zero-order valence-corrected chi connectivity index (χ0v) is 15.9. The van der Waals surface area contributed by atoms with E-state index in [1.165, 1.54) is 24.7 Å². The standard InChI is InChI=1S/C18H22BrNO3S/c19-15-6-8-16(9-7-15)20(17-10-11-24(22,23)13-17)18(21)12-14-4-2-1-3-5-14/h6-11,14,17H,1-5,12-13H2/t17-/m0/s1. The summed E-state index contributed by atoms with van der Waals surface area (Å²) >= 11 is 3.40. The third-order valence-corrected chi connectivity index (χ3v) is 6.71. The summed E-state index contributed by atoms with van der Waals surface area (Å²) in [6, 6.07) is 7.07. The van der Waals surface area contributed by atoms with E-state index in [1.54, 1.807) is 11.0 Å². The zero-order chi connectivity index (χ0) is 17.2. The highest BCUT2D eigenvalue weighted by Crippen LogP contribution is 2.30. The molecule has 130 valence electrons. The first-order valence-electron chi connectivity index (χ1n) is 8.43. The van der Waals surface area contributed by atoms with E-state index in [2.05, 4.69) is 15.9 Å². The minimum atomic E-state index is -3.21. The predicted molar refractivity (Wildman–Crippen MR) is 99.5 cm³/mol. The second-order valence-electron chi connectivity index (χ2n) is 6.67. The summed E-state index contributed by atoms with van der Waals surface area (Å²) in [7, 11) is -3.21. The van der Waals surface area contributed by atoms with Gasteiger partial charge in [0.1, 0.15) is 0 Å². The Kier molecular flexibility index (Phi) is 5.45. The maximum Gasteiger partial charge on any atom is 0.227 e. The molecule has 0 bridgehead atoms. The minimum Gasteiger partial charge on any atom is -0.304 e. The fourth-order valence-electron chi connectivity index (χ4n) is 3.58. The lowest BCUT2D eigenvalue weighted by atomic mass is 9.86. The number of hydrogen-bond acceptors (Lipinski definition) is 3. The van der Waals surface area contributed by atoms with Crippen LogP contribution in [0.15, 0.2) is 40.2 Å². The van der Waals surface area contributed by atoms with Gasteiger partial charge in [-0.05, 0) is 49.1 Å². The highest BCUT2D eigenvalue weighted by Gasteiger charge is 2.32. The summed E-state index contributed by atoms with van der Waals surface area (Å²) in [5.74, 6) is 0.418. The summed E-state index contributed by atoms with van der Waals surface area (Å²) in [6.45, 7) is 0. The van der Waals surface area contributed by atoms with Gasteiger partial charge in [0.2, 0.25) is 5.91 Å². The molecule has 4 nitrogen and oxygen atoms in total. The molecule has 1 aliphatic carbocycles. The van der Waals surface area contributed by atoms with E-state index >= 15 is 0 Å². The van der Waals surface area contributed by atoms with Crippen molar-refractivity contribution in [3.05, 3.63) is 40.2 Å². The van der Waals surface area contributed by atoms with Crippen LogP contribution in [0.5, 0.6) is 0 Å². The second kappa shape index (κ2) is 7.40. The first-order chi connectivity index (χ1) is 11.4. The molecule has 0 unspecified atom stereocenters. The maximum atomic E-state index is 13.0. The van der Waals surface area contributed by atoms with Crippen molar-refractivity contribution >= 4 is 37.4 Å². The topological polar surface area (TPSA) is 54.5 Å². The van der Waals surface area contributed by atoms with Crippen molar-refractivity contribution in [2.45, 2.75) is 44.6 Å². The van der Waals surface area contributed by atoms with Crippen molar-refractivity contribution in [3.63, 3.8) is 0 Å². The van der Waals surface area contributed by atoms with Crippen LogP contribution in [-0.2, 0) is 14.6 Å². The van der Waals surface area contributed by atoms with Gasteiger partial charge in [-0.25, -0.2) is 8.42 Å². The van der Waals surface area contributed by atoms with Crippen molar-refractivity contribution in [3.8, 4) is 0 Å². The maximum absolute atomic E-state index is 13.0. The third-order valence-electron chi connectivity index (χ3n) is 4.80. The van der Waals surface area contributed by atoms with Gasteiger partial charge in [-0.2, -0.15) is 0 Å². The summed E-state index contributed by atoms with van der Waals surface area (Å²) in [4.78, 5) is 14.6. The van der Waals surface area contributed by atoms with Gasteiger partial charge >= 0.3 is 0 Å². The van der Waals surface area contributed by atoms with Crippen molar-refractivity contribution in [1.29, 1.82) is 0 Å². The molecular formula is C18H22BrNO3S. The van der Waals surface area contributed by atoms with E-state index in [0.29, 0.717) is 12.3 Å². The van der Waals surface area contributed by atoms with Crippen molar-refractivity contribution in [1.82, 2.24) is 0 Å². The third kappa shape index (κ3) is 4.28. The molecule has 0 saturated heterocycles. The number of anilines is 1. The van der Waals surface area contributed by atoms with Gasteiger partial charge in [-0.15, -0.1) is 0 Å². The van der Waals surface area contributed by atoms with Crippen LogP contribution in [0, 0.1) is 5.92 Å². The molecule has 1 aromatic carbocycles. The lowest BCUT2D eigenvalue weighted by Crippen LogP contribution is -2.42. The molecule has 3 rings (SSSR count). The van der Waals surface area contributed by atoms with Crippen LogP contribution in [0.1, 0.15) is 38.5 Å². The van der Waals surface area contributed by atoms with Gasteiger partial charge in [-0.3, -0.25) is 4.79 Å². The number of hydrogen-bond donors (Lipinski definition) is 0. The average Bonchev–Trinajstić information content (AvgIpc) is 2.90. The molecule has 1 aromatic rings. The van der Waals surface area contributed by atoms with E-state index in [9.17, 15) is 13.2 Å². The SMILES string of the molecule is O=C(CC1CCCCC1)N(c1ccc(Br)cc1)[C@H]1C=CS(=O)(=O)C1. The molecule has 24 heavy (non-hydrogen) atoms. The molecule has 1 saturated carbocycles. The van der Waals surface area contributed by atoms with E-state index < -0.39 is 15.9 Å². The molecule has 6 heteroatoms. The first kappa shape index (κ1) is 17.7. The van der Waals surface area contributed by atoms with Gasteiger partial charge < -0.3 is 4.90 Å². The van der Waals surface area contributed by atoms with Crippen molar-refractivity contribution < 1.29 is 13.2 Å². The van der Waals surface area contributed by atoms with E-state index in [-0.39, 0.29) is 11.7 Å². The lowest BCUT2D eigenvalue weighted by molar-refractivity contribution is -0.120. The number of carbonyl (C=O) groups excluding carboxylic acids is 1. The molecule has 0 spiro atoms. The van der Waals surface area contributed by atoms with Gasteiger partial charge in [0, 0.05) is 22.0 Å². The quantitative estimate of drug-likeness (QED) is 0.750. The Morgan fingerprint density at radius 3 is 2.38 bits per heavy atom. The monoisotopic (exact) mass is 411 g/mol. The van der Waals surface area contributed by atoms with Crippen molar-refractivity contribution in [2.24, 2.45) is 5.92 Å². The summed E-state index contributed by atoms with van der Waals surface area (Å²) in [5, 5.41) is 1.23. The van der Waals surface area contributed by atoms with Gasteiger partial charge in [0.25, 0.3) is 0 Å². The number of nitrogens with zero attached hydrogens (tertiary/aromatic N) is 1. The molecule has 1 heterocycles. The van der Waals surface area contributed by atoms with Crippen LogP contribution >= 0.6 is 15.9 Å². The summed E-state index contributed by atoms with van der Waals surface area (Å²) in [6.07, 6.45) is 7.96. The van der Waals surface area contributed by atoms with Crippen LogP contribution in [0.2, 0.25) is 0 Å². The fraction of sp³-hybridized carbons (Fsp3) is 0.500. The van der Waals surface area contributed by atoms with Crippen LogP contribution in [-0.4, -0.2) is 26.1 Å². The Labute approximate surface area is 152 Å².